The van der Waals surface area contributed by atoms with Crippen molar-refractivity contribution in [2.75, 3.05) is 26.2 Å². The molecule has 1 fully saturated rings. The van der Waals surface area contributed by atoms with E-state index in [-0.39, 0.29) is 6.61 Å². The van der Waals surface area contributed by atoms with Crippen molar-refractivity contribution in [1.82, 2.24) is 9.62 Å². The van der Waals surface area contributed by atoms with E-state index in [4.69, 9.17) is 15.4 Å². The molecule has 0 atom stereocenters. The summed E-state index contributed by atoms with van der Waals surface area (Å²) in [6.45, 7) is 10.5. The van der Waals surface area contributed by atoms with Crippen LogP contribution in [-0.2, 0) is 0 Å². The van der Waals surface area contributed by atoms with Gasteiger partial charge in [0.2, 0.25) is 0 Å². The third-order valence-corrected chi connectivity index (χ3v) is 6.01. The van der Waals surface area contributed by atoms with Crippen LogP contribution in [0, 0.1) is 12.8 Å². The third kappa shape index (κ3) is 22.4. The normalized spacial score (nSPS) is 12.2. The van der Waals surface area contributed by atoms with Crippen LogP contribution in [0.1, 0.15) is 70.4 Å². The number of hydrogen-bond donors (Lipinski definition) is 4. The van der Waals surface area contributed by atoms with Gasteiger partial charge in [0, 0.05) is 31.1 Å². The molecule has 37 heavy (non-hydrogen) atoms. The number of carboxylic acid groups (broad SMARTS) is 1. The van der Waals surface area contributed by atoms with Gasteiger partial charge in [0.1, 0.15) is 0 Å². The highest BCUT2D eigenvalue weighted by Gasteiger charge is 2.09. The van der Waals surface area contributed by atoms with Crippen LogP contribution in [0.4, 0.5) is 4.79 Å². The van der Waals surface area contributed by atoms with E-state index in [1.807, 2.05) is 42.5 Å². The van der Waals surface area contributed by atoms with Crippen LogP contribution >= 0.6 is 11.9 Å². The van der Waals surface area contributed by atoms with Crippen LogP contribution in [0.5, 0.6) is 0 Å². The molecule has 1 aliphatic rings. The lowest BCUT2D eigenvalue weighted by Gasteiger charge is -2.23. The minimum absolute atomic E-state index is 0.250. The van der Waals surface area contributed by atoms with Crippen molar-refractivity contribution in [3.63, 3.8) is 0 Å². The monoisotopic (exact) mass is 533 g/mol. The van der Waals surface area contributed by atoms with Crippen LogP contribution in [0.15, 0.2) is 64.6 Å². The van der Waals surface area contributed by atoms with Gasteiger partial charge in [0.25, 0.3) is 0 Å². The quantitative estimate of drug-likeness (QED) is 0.0904. The lowest BCUT2D eigenvalue weighted by atomic mass is 10.2. The number of oxime groups is 1. The maximum Gasteiger partial charge on any atom is 0.404 e. The van der Waals surface area contributed by atoms with Crippen LogP contribution in [0.3, 0.4) is 0 Å². The summed E-state index contributed by atoms with van der Waals surface area (Å²) < 4.78 is 2.24. The zero-order chi connectivity index (χ0) is 27.7. The first-order valence-corrected chi connectivity index (χ1v) is 13.9. The standard InChI is InChI=1S/C15H23N3O3S.C7H8.C5H10.C2H6O/c1-12(2)11-18(9-3-8-16-15(19)20)22-14-6-4-13(5-7-14)10-17-21;1-7-5-3-2-4-6-7;1-2-4-5-3-1;1-2-3/h4-7,10,12,16,21H,3,8-9,11H2,1-2H3,(H,19,20);2-6H,1H3;1-5H2;3H,2H2,1H3/b17-10+;;;. The topological polar surface area (TPSA) is 105 Å². The number of aliphatic hydroxyl groups excluding tert-OH is 1. The van der Waals surface area contributed by atoms with Gasteiger partial charge in [-0.2, -0.15) is 0 Å². The van der Waals surface area contributed by atoms with E-state index >= 15 is 0 Å². The van der Waals surface area contributed by atoms with Crippen LogP contribution in [-0.4, -0.2) is 58.3 Å². The van der Waals surface area contributed by atoms with Crippen LogP contribution in [0.25, 0.3) is 0 Å². The summed E-state index contributed by atoms with van der Waals surface area (Å²) in [5.74, 6) is 0.528. The number of hydrogen-bond acceptors (Lipinski definition) is 6. The molecule has 1 amide bonds. The maximum absolute atomic E-state index is 10.4. The van der Waals surface area contributed by atoms with Gasteiger partial charge >= 0.3 is 6.09 Å². The van der Waals surface area contributed by atoms with Crippen molar-refractivity contribution in [2.45, 2.75) is 71.1 Å². The number of aryl methyl sites for hydroxylation is 1. The summed E-state index contributed by atoms with van der Waals surface area (Å²) in [6, 6.07) is 18.0. The number of benzene rings is 2. The molecular formula is C29H47N3O4S. The Kier molecular flexibility index (Phi) is 22.2. The van der Waals surface area contributed by atoms with Crippen molar-refractivity contribution < 1.29 is 20.2 Å². The Bertz CT molecular complexity index is 806. The third-order valence-electron chi connectivity index (χ3n) is 4.94. The summed E-state index contributed by atoms with van der Waals surface area (Å²) in [4.78, 5) is 11.5. The van der Waals surface area contributed by atoms with Crippen LogP contribution in [0.2, 0.25) is 0 Å². The van der Waals surface area contributed by atoms with E-state index in [1.165, 1.54) is 43.9 Å². The van der Waals surface area contributed by atoms with E-state index in [1.54, 1.807) is 18.9 Å². The van der Waals surface area contributed by atoms with E-state index in [9.17, 15) is 4.79 Å². The Hall–Kier alpha value is -2.55. The molecule has 0 aliphatic heterocycles. The number of rotatable bonds is 9. The molecule has 0 aromatic heterocycles. The second kappa shape index (κ2) is 23.8. The van der Waals surface area contributed by atoms with Crippen molar-refractivity contribution in [3.05, 3.63) is 65.7 Å². The molecular weight excluding hydrogens is 486 g/mol. The molecule has 3 rings (SSSR count). The lowest BCUT2D eigenvalue weighted by molar-refractivity contribution is 0.194. The van der Waals surface area contributed by atoms with E-state index in [0.717, 1.165) is 30.0 Å². The number of nitrogens with one attached hydrogen (secondary N) is 1. The molecule has 0 bridgehead atoms. The largest absolute Gasteiger partial charge is 0.465 e. The van der Waals surface area contributed by atoms with Crippen molar-refractivity contribution in [1.29, 1.82) is 0 Å². The molecule has 0 spiro atoms. The van der Waals surface area contributed by atoms with Crippen molar-refractivity contribution in [3.8, 4) is 0 Å². The van der Waals surface area contributed by atoms with Gasteiger partial charge < -0.3 is 20.7 Å². The number of carbonyl (C=O) groups is 1. The van der Waals surface area contributed by atoms with Crippen molar-refractivity contribution in [2.24, 2.45) is 11.1 Å². The maximum atomic E-state index is 10.4. The van der Waals surface area contributed by atoms with E-state index in [0.29, 0.717) is 12.5 Å². The molecule has 1 aliphatic carbocycles. The van der Waals surface area contributed by atoms with E-state index in [2.05, 4.69) is 47.7 Å². The zero-order valence-electron chi connectivity index (χ0n) is 23.0. The molecule has 0 unspecified atom stereocenters. The first kappa shape index (κ1) is 34.5. The Morgan fingerprint density at radius 1 is 1.05 bits per heavy atom. The number of nitrogens with zero attached hydrogens (tertiary/aromatic N) is 2. The average molecular weight is 534 g/mol. The van der Waals surface area contributed by atoms with Gasteiger partial charge in [-0.15, -0.1) is 0 Å². The summed E-state index contributed by atoms with van der Waals surface area (Å²) in [5, 5.41) is 30.0. The Labute approximate surface area is 228 Å². The smallest absolute Gasteiger partial charge is 0.404 e. The highest BCUT2D eigenvalue weighted by Crippen LogP contribution is 2.24. The van der Waals surface area contributed by atoms with Gasteiger partial charge in [-0.25, -0.2) is 9.10 Å². The van der Waals surface area contributed by atoms with Gasteiger partial charge in [-0.05, 0) is 55.8 Å². The summed E-state index contributed by atoms with van der Waals surface area (Å²) >= 11 is 1.65. The van der Waals surface area contributed by atoms with Gasteiger partial charge in [-0.1, -0.05) is 99.1 Å². The molecule has 0 saturated heterocycles. The predicted octanol–water partition coefficient (Wildman–Crippen LogP) is 7.06. The zero-order valence-corrected chi connectivity index (χ0v) is 23.8. The summed E-state index contributed by atoms with van der Waals surface area (Å²) in [7, 11) is 0. The average Bonchev–Trinajstić information content (AvgIpc) is 3.45. The highest BCUT2D eigenvalue weighted by atomic mass is 32.2. The number of amides is 1. The second-order valence-electron chi connectivity index (χ2n) is 9.01. The van der Waals surface area contributed by atoms with Gasteiger partial charge in [-0.3, -0.25) is 0 Å². The molecule has 0 heterocycles. The Morgan fingerprint density at radius 2 is 1.59 bits per heavy atom. The molecule has 7 nitrogen and oxygen atoms in total. The first-order valence-electron chi connectivity index (χ1n) is 13.1. The number of aliphatic hydroxyl groups is 1. The second-order valence-corrected chi connectivity index (χ2v) is 10.2. The Morgan fingerprint density at radius 3 is 2.00 bits per heavy atom. The molecule has 4 N–H and O–H groups in total. The molecule has 208 valence electrons. The summed E-state index contributed by atoms with van der Waals surface area (Å²) in [6.07, 6.45) is 8.67. The fourth-order valence-corrected chi connectivity index (χ4v) is 4.43. The molecule has 0 radical (unpaired) electrons. The molecule has 1 saturated carbocycles. The highest BCUT2D eigenvalue weighted by molar-refractivity contribution is 7.97. The minimum atomic E-state index is -0.982. The van der Waals surface area contributed by atoms with Crippen molar-refractivity contribution >= 4 is 24.3 Å². The lowest BCUT2D eigenvalue weighted by Crippen LogP contribution is -2.27. The Balaban J connectivity index is 0.000000689. The fraction of sp³-hybridized carbons (Fsp3) is 0.517. The van der Waals surface area contributed by atoms with Gasteiger partial charge in [0.05, 0.1) is 6.21 Å². The molecule has 2 aromatic rings. The fourth-order valence-electron chi connectivity index (χ4n) is 3.28. The van der Waals surface area contributed by atoms with E-state index < -0.39 is 6.09 Å². The predicted molar refractivity (Wildman–Crippen MR) is 156 cm³/mol. The SMILES string of the molecule is C1CCCC1.CC(C)CN(CCCNC(=O)O)Sc1ccc(/C=N/O)cc1.CCO.Cc1ccccc1. The summed E-state index contributed by atoms with van der Waals surface area (Å²) in [5.41, 5.74) is 2.16. The first-order chi connectivity index (χ1) is 17.8. The minimum Gasteiger partial charge on any atom is -0.465 e. The molecule has 8 heteroatoms. The van der Waals surface area contributed by atoms with Gasteiger partial charge in [0.15, 0.2) is 0 Å². The molecule has 2 aromatic carbocycles. The van der Waals surface area contributed by atoms with Crippen LogP contribution < -0.4 is 5.32 Å².